The van der Waals surface area contributed by atoms with Crippen molar-refractivity contribution in [2.75, 3.05) is 0 Å². The van der Waals surface area contributed by atoms with E-state index in [1.165, 1.54) is 6.07 Å². The third kappa shape index (κ3) is 3.28. The fourth-order valence-electron chi connectivity index (χ4n) is 1.76. The summed E-state index contributed by atoms with van der Waals surface area (Å²) in [5.41, 5.74) is 1.02. The first-order valence-corrected chi connectivity index (χ1v) is 6.48. The van der Waals surface area contributed by atoms with Gasteiger partial charge in [0.1, 0.15) is 11.8 Å². The summed E-state index contributed by atoms with van der Waals surface area (Å²) in [5.74, 6) is -0.497. The molecule has 2 aromatic carbocycles. The Bertz CT molecular complexity index is 739. The molecule has 21 heavy (non-hydrogen) atoms. The van der Waals surface area contributed by atoms with E-state index in [2.05, 4.69) is 4.99 Å². The van der Waals surface area contributed by atoms with Crippen molar-refractivity contribution in [2.24, 2.45) is 4.99 Å². The smallest absolute Gasteiger partial charge is 0.222 e. The lowest BCUT2D eigenvalue weighted by molar-refractivity contribution is 0.106. The molecule has 4 nitrogen and oxygen atoms in total. The van der Waals surface area contributed by atoms with Crippen LogP contribution in [-0.4, -0.2) is 16.6 Å². The van der Waals surface area contributed by atoms with Gasteiger partial charge in [-0.25, -0.2) is 4.99 Å². The van der Waals surface area contributed by atoms with Crippen LogP contribution in [-0.2, 0) is 0 Å². The molecule has 0 aliphatic heterocycles. The summed E-state index contributed by atoms with van der Waals surface area (Å²) in [6.45, 7) is 1.66. The first kappa shape index (κ1) is 14.8. The number of hydrogen-bond acceptors (Lipinski definition) is 4. The molecule has 0 unspecified atom stereocenters. The minimum Gasteiger partial charge on any atom is -0.506 e. The maximum atomic E-state index is 12.2. The van der Waals surface area contributed by atoms with E-state index in [0.717, 1.165) is 0 Å². The van der Waals surface area contributed by atoms with Crippen molar-refractivity contribution >= 4 is 28.8 Å². The van der Waals surface area contributed by atoms with Gasteiger partial charge in [0.15, 0.2) is 5.71 Å². The number of rotatable bonds is 3. The number of ketones is 1. The Balaban J connectivity index is 2.43. The second kappa shape index (κ2) is 6.21. The standard InChI is InChI=1S/C16H11ClN2O2/c1-10-7-12(8-13(17)15(10)20)19-14(9-18)16(21)11-5-3-2-4-6-11/h2-8,20H,1H3. The van der Waals surface area contributed by atoms with Crippen molar-refractivity contribution in [3.63, 3.8) is 0 Å². The van der Waals surface area contributed by atoms with Crippen molar-refractivity contribution in [3.8, 4) is 11.8 Å². The number of aromatic hydroxyl groups is 1. The molecule has 2 rings (SSSR count). The summed E-state index contributed by atoms with van der Waals surface area (Å²) < 4.78 is 0. The fourth-order valence-corrected chi connectivity index (χ4v) is 2.03. The number of aliphatic imine (C=N–C) groups is 1. The van der Waals surface area contributed by atoms with Crippen LogP contribution < -0.4 is 0 Å². The Kier molecular flexibility index (Phi) is 4.36. The van der Waals surface area contributed by atoms with Gasteiger partial charge in [0, 0.05) is 5.56 Å². The molecule has 0 heterocycles. The molecular weight excluding hydrogens is 288 g/mol. The number of carbonyl (C=O) groups is 1. The molecule has 0 bridgehead atoms. The largest absolute Gasteiger partial charge is 0.506 e. The van der Waals surface area contributed by atoms with Gasteiger partial charge in [-0.15, -0.1) is 0 Å². The maximum Gasteiger partial charge on any atom is 0.222 e. The zero-order valence-corrected chi connectivity index (χ0v) is 11.9. The summed E-state index contributed by atoms with van der Waals surface area (Å²) in [7, 11) is 0. The van der Waals surface area contributed by atoms with E-state index in [-0.39, 0.29) is 16.5 Å². The SMILES string of the molecule is Cc1cc(N=C(C#N)C(=O)c2ccccc2)cc(Cl)c1O. The predicted molar refractivity (Wildman–Crippen MR) is 81.3 cm³/mol. The number of halogens is 1. The number of benzene rings is 2. The van der Waals surface area contributed by atoms with Gasteiger partial charge in [-0.1, -0.05) is 41.9 Å². The van der Waals surface area contributed by atoms with Gasteiger partial charge in [-0.3, -0.25) is 4.79 Å². The molecule has 0 fully saturated rings. The summed E-state index contributed by atoms with van der Waals surface area (Å²) in [4.78, 5) is 16.2. The number of hydrogen-bond donors (Lipinski definition) is 1. The molecule has 0 aliphatic rings. The number of aryl methyl sites for hydroxylation is 1. The highest BCUT2D eigenvalue weighted by atomic mass is 35.5. The van der Waals surface area contributed by atoms with Crippen LogP contribution in [0.3, 0.4) is 0 Å². The average molecular weight is 299 g/mol. The highest BCUT2D eigenvalue weighted by Gasteiger charge is 2.14. The molecule has 104 valence electrons. The molecule has 1 N–H and O–H groups in total. The van der Waals surface area contributed by atoms with Gasteiger partial charge >= 0.3 is 0 Å². The van der Waals surface area contributed by atoms with E-state index in [4.69, 9.17) is 16.9 Å². The van der Waals surface area contributed by atoms with Crippen LogP contribution in [0.5, 0.6) is 5.75 Å². The van der Waals surface area contributed by atoms with Crippen LogP contribution in [0.15, 0.2) is 47.5 Å². The van der Waals surface area contributed by atoms with Crippen LogP contribution in [0.2, 0.25) is 5.02 Å². The van der Waals surface area contributed by atoms with E-state index in [0.29, 0.717) is 16.8 Å². The fraction of sp³-hybridized carbons (Fsp3) is 0.0625. The topological polar surface area (TPSA) is 73.5 Å². The summed E-state index contributed by atoms with van der Waals surface area (Å²) in [5, 5.41) is 18.8. The quantitative estimate of drug-likeness (QED) is 0.691. The van der Waals surface area contributed by atoms with E-state index in [1.54, 1.807) is 49.4 Å². The minimum atomic E-state index is -0.458. The Morgan fingerprint density at radius 1 is 1.29 bits per heavy atom. The number of nitrogens with zero attached hydrogens (tertiary/aromatic N) is 2. The molecule has 0 spiro atoms. The maximum absolute atomic E-state index is 12.2. The first-order valence-electron chi connectivity index (χ1n) is 6.10. The molecule has 0 saturated heterocycles. The van der Waals surface area contributed by atoms with Crippen LogP contribution in [0, 0.1) is 18.3 Å². The van der Waals surface area contributed by atoms with Gasteiger partial charge in [0.25, 0.3) is 0 Å². The molecule has 0 aliphatic carbocycles. The van der Waals surface area contributed by atoms with Gasteiger partial charge in [0.05, 0.1) is 10.7 Å². The third-order valence-electron chi connectivity index (χ3n) is 2.84. The molecule has 0 atom stereocenters. The second-order valence-electron chi connectivity index (χ2n) is 4.36. The molecule has 0 amide bonds. The van der Waals surface area contributed by atoms with Crippen molar-refractivity contribution in [3.05, 3.63) is 58.6 Å². The lowest BCUT2D eigenvalue weighted by atomic mass is 10.1. The highest BCUT2D eigenvalue weighted by Crippen LogP contribution is 2.31. The van der Waals surface area contributed by atoms with Gasteiger partial charge in [0.2, 0.25) is 5.78 Å². The molecule has 5 heteroatoms. The first-order chi connectivity index (χ1) is 10.0. The van der Waals surface area contributed by atoms with E-state index < -0.39 is 5.78 Å². The summed E-state index contributed by atoms with van der Waals surface area (Å²) in [6, 6.07) is 13.2. The Labute approximate surface area is 126 Å². The average Bonchev–Trinajstić information content (AvgIpc) is 2.50. The number of Topliss-reactive ketones (excluding diaryl/α,β-unsaturated/α-hetero) is 1. The van der Waals surface area contributed by atoms with E-state index in [9.17, 15) is 9.90 Å². The van der Waals surface area contributed by atoms with Crippen molar-refractivity contribution in [1.82, 2.24) is 0 Å². The predicted octanol–water partition coefficient (Wildman–Crippen LogP) is 3.83. The van der Waals surface area contributed by atoms with Crippen LogP contribution in [0.4, 0.5) is 5.69 Å². The third-order valence-corrected chi connectivity index (χ3v) is 3.12. The van der Waals surface area contributed by atoms with Crippen LogP contribution >= 0.6 is 11.6 Å². The summed E-state index contributed by atoms with van der Waals surface area (Å²) >= 11 is 5.86. The Morgan fingerprint density at radius 2 is 1.95 bits per heavy atom. The molecule has 0 aromatic heterocycles. The number of phenolic OH excluding ortho intramolecular Hbond substituents is 1. The molecule has 0 saturated carbocycles. The van der Waals surface area contributed by atoms with E-state index in [1.807, 2.05) is 0 Å². The van der Waals surface area contributed by atoms with Gasteiger partial charge < -0.3 is 5.11 Å². The van der Waals surface area contributed by atoms with Crippen LogP contribution in [0.1, 0.15) is 15.9 Å². The van der Waals surface area contributed by atoms with Crippen LogP contribution in [0.25, 0.3) is 0 Å². The lowest BCUT2D eigenvalue weighted by Crippen LogP contribution is -2.11. The van der Waals surface area contributed by atoms with Crippen molar-refractivity contribution in [2.45, 2.75) is 6.92 Å². The monoisotopic (exact) mass is 298 g/mol. The Hall–Kier alpha value is -2.64. The van der Waals surface area contributed by atoms with Crippen molar-refractivity contribution < 1.29 is 9.90 Å². The number of phenols is 1. The second-order valence-corrected chi connectivity index (χ2v) is 4.77. The van der Waals surface area contributed by atoms with E-state index >= 15 is 0 Å². The Morgan fingerprint density at radius 3 is 2.52 bits per heavy atom. The highest BCUT2D eigenvalue weighted by molar-refractivity contribution is 6.51. The van der Waals surface area contributed by atoms with Gasteiger partial charge in [-0.05, 0) is 24.6 Å². The zero-order valence-electron chi connectivity index (χ0n) is 11.2. The lowest BCUT2D eigenvalue weighted by Gasteiger charge is -2.04. The van der Waals surface area contributed by atoms with Crippen molar-refractivity contribution in [1.29, 1.82) is 5.26 Å². The molecule has 0 radical (unpaired) electrons. The zero-order chi connectivity index (χ0) is 15.4. The number of nitriles is 1. The van der Waals surface area contributed by atoms with Gasteiger partial charge in [-0.2, -0.15) is 5.26 Å². The number of carbonyl (C=O) groups excluding carboxylic acids is 1. The minimum absolute atomic E-state index is 0.0384. The molecular formula is C16H11ClN2O2. The summed E-state index contributed by atoms with van der Waals surface area (Å²) in [6.07, 6.45) is 0. The molecule has 2 aromatic rings. The normalized spacial score (nSPS) is 11.0.